The zero-order valence-corrected chi connectivity index (χ0v) is 11.0. The van der Waals surface area contributed by atoms with E-state index in [0.717, 1.165) is 5.92 Å². The van der Waals surface area contributed by atoms with E-state index in [2.05, 4.69) is 37.1 Å². The molecule has 0 radical (unpaired) electrons. The average Bonchev–Trinajstić information content (AvgIpc) is 2.32. The maximum absolute atomic E-state index is 4.15. The predicted molar refractivity (Wildman–Crippen MR) is 69.5 cm³/mol. The van der Waals surface area contributed by atoms with Crippen molar-refractivity contribution in [3.8, 4) is 0 Å². The van der Waals surface area contributed by atoms with Crippen molar-refractivity contribution in [3.05, 3.63) is 29.6 Å². The van der Waals surface area contributed by atoms with Crippen LogP contribution in [0.15, 0.2) is 18.5 Å². The Balaban J connectivity index is 2.78. The second-order valence-electron chi connectivity index (χ2n) is 4.49. The molecule has 0 aliphatic rings. The molecule has 1 atom stereocenters. The van der Waals surface area contributed by atoms with Gasteiger partial charge < -0.3 is 5.32 Å². The third-order valence-electron chi connectivity index (χ3n) is 3.51. The van der Waals surface area contributed by atoms with Gasteiger partial charge in [-0.25, -0.2) is 0 Å². The van der Waals surface area contributed by atoms with Crippen molar-refractivity contribution in [2.24, 2.45) is 5.92 Å². The summed E-state index contributed by atoms with van der Waals surface area (Å²) >= 11 is 0. The Morgan fingerprint density at radius 3 is 2.50 bits per heavy atom. The van der Waals surface area contributed by atoms with Crippen LogP contribution in [0, 0.1) is 12.8 Å². The number of hydrogen-bond donors (Lipinski definition) is 1. The number of rotatable bonds is 6. The first-order valence-corrected chi connectivity index (χ1v) is 6.30. The van der Waals surface area contributed by atoms with Crippen LogP contribution >= 0.6 is 0 Å². The van der Waals surface area contributed by atoms with Crippen LogP contribution in [0.2, 0.25) is 0 Å². The zero-order valence-electron chi connectivity index (χ0n) is 11.0. The van der Waals surface area contributed by atoms with Crippen LogP contribution in [0.4, 0.5) is 0 Å². The summed E-state index contributed by atoms with van der Waals surface area (Å²) in [5, 5.41) is 3.43. The number of hydrogen-bond acceptors (Lipinski definition) is 2. The molecule has 1 aromatic rings. The van der Waals surface area contributed by atoms with Crippen molar-refractivity contribution >= 4 is 0 Å². The van der Waals surface area contributed by atoms with Crippen LogP contribution in [0.3, 0.4) is 0 Å². The number of nitrogens with one attached hydrogen (secondary N) is 1. The van der Waals surface area contributed by atoms with Crippen molar-refractivity contribution in [2.45, 2.75) is 46.1 Å². The van der Waals surface area contributed by atoms with E-state index >= 15 is 0 Å². The van der Waals surface area contributed by atoms with E-state index in [0.29, 0.717) is 6.04 Å². The maximum Gasteiger partial charge on any atom is 0.0323 e. The molecule has 1 N–H and O–H groups in total. The summed E-state index contributed by atoms with van der Waals surface area (Å²) in [6, 6.07) is 2.60. The normalized spacial score (nSPS) is 13.1. The van der Waals surface area contributed by atoms with Gasteiger partial charge in [0.25, 0.3) is 0 Å². The first-order valence-electron chi connectivity index (χ1n) is 6.30. The van der Waals surface area contributed by atoms with Crippen molar-refractivity contribution in [1.82, 2.24) is 10.3 Å². The molecule has 2 nitrogen and oxygen atoms in total. The lowest BCUT2D eigenvalue weighted by molar-refractivity contribution is 0.384. The van der Waals surface area contributed by atoms with Crippen LogP contribution in [-0.4, -0.2) is 12.0 Å². The van der Waals surface area contributed by atoms with Gasteiger partial charge in [0.15, 0.2) is 0 Å². The number of aryl methyl sites for hydroxylation is 1. The molecular formula is C14H24N2. The molecule has 2 heteroatoms. The topological polar surface area (TPSA) is 24.9 Å². The van der Waals surface area contributed by atoms with E-state index in [-0.39, 0.29) is 0 Å². The van der Waals surface area contributed by atoms with Gasteiger partial charge in [0.05, 0.1) is 0 Å². The summed E-state index contributed by atoms with van der Waals surface area (Å²) in [4.78, 5) is 4.15. The second kappa shape index (κ2) is 6.64. The monoisotopic (exact) mass is 220 g/mol. The van der Waals surface area contributed by atoms with Crippen molar-refractivity contribution < 1.29 is 0 Å². The second-order valence-corrected chi connectivity index (χ2v) is 4.49. The van der Waals surface area contributed by atoms with Crippen LogP contribution in [0.1, 0.15) is 50.3 Å². The molecule has 0 fully saturated rings. The van der Waals surface area contributed by atoms with Crippen LogP contribution < -0.4 is 5.32 Å². The van der Waals surface area contributed by atoms with Gasteiger partial charge in [0.2, 0.25) is 0 Å². The molecule has 0 spiro atoms. The molecule has 1 heterocycles. The fourth-order valence-corrected chi connectivity index (χ4v) is 2.23. The Hall–Kier alpha value is -0.890. The Morgan fingerprint density at radius 2 is 2.00 bits per heavy atom. The lowest BCUT2D eigenvalue weighted by Crippen LogP contribution is -2.20. The first-order chi connectivity index (χ1) is 7.72. The van der Waals surface area contributed by atoms with Gasteiger partial charge in [-0.05, 0) is 43.5 Å². The third-order valence-corrected chi connectivity index (χ3v) is 3.51. The zero-order chi connectivity index (χ0) is 12.0. The highest BCUT2D eigenvalue weighted by molar-refractivity contribution is 5.25. The van der Waals surface area contributed by atoms with Crippen molar-refractivity contribution in [1.29, 1.82) is 0 Å². The maximum atomic E-state index is 4.15. The molecular weight excluding hydrogens is 196 g/mol. The van der Waals surface area contributed by atoms with E-state index < -0.39 is 0 Å². The fraction of sp³-hybridized carbons (Fsp3) is 0.643. The Labute approximate surface area is 99.5 Å². The lowest BCUT2D eigenvalue weighted by Gasteiger charge is -2.23. The molecule has 0 bridgehead atoms. The van der Waals surface area contributed by atoms with Gasteiger partial charge in [0, 0.05) is 18.4 Å². The quantitative estimate of drug-likeness (QED) is 0.794. The Morgan fingerprint density at radius 1 is 1.31 bits per heavy atom. The Bertz CT molecular complexity index is 305. The minimum Gasteiger partial charge on any atom is -0.313 e. The molecule has 0 aliphatic carbocycles. The van der Waals surface area contributed by atoms with Crippen molar-refractivity contribution in [3.63, 3.8) is 0 Å². The minimum absolute atomic E-state index is 0.466. The molecule has 0 saturated carbocycles. The summed E-state index contributed by atoms with van der Waals surface area (Å²) < 4.78 is 0. The highest BCUT2D eigenvalue weighted by Gasteiger charge is 2.15. The predicted octanol–water partition coefficient (Wildman–Crippen LogP) is 3.48. The molecule has 0 aliphatic heterocycles. The molecule has 1 aromatic heterocycles. The van der Waals surface area contributed by atoms with E-state index in [1.54, 1.807) is 0 Å². The van der Waals surface area contributed by atoms with Gasteiger partial charge in [-0.3, -0.25) is 4.98 Å². The largest absolute Gasteiger partial charge is 0.313 e. The SMILES string of the molecule is CCC(CC)CC(NC)c1ccncc1C. The van der Waals surface area contributed by atoms with Gasteiger partial charge in [-0.15, -0.1) is 0 Å². The summed E-state index contributed by atoms with van der Waals surface area (Å²) in [5.41, 5.74) is 2.68. The molecule has 0 saturated heterocycles. The highest BCUT2D eigenvalue weighted by Crippen LogP contribution is 2.26. The summed E-state index contributed by atoms with van der Waals surface area (Å²) in [5.74, 6) is 0.810. The van der Waals surface area contributed by atoms with E-state index in [1.807, 2.05) is 19.4 Å². The smallest absolute Gasteiger partial charge is 0.0323 e. The van der Waals surface area contributed by atoms with E-state index in [1.165, 1.54) is 30.4 Å². The van der Waals surface area contributed by atoms with Gasteiger partial charge in [-0.2, -0.15) is 0 Å². The lowest BCUT2D eigenvalue weighted by atomic mass is 9.90. The van der Waals surface area contributed by atoms with Gasteiger partial charge in [-0.1, -0.05) is 26.7 Å². The van der Waals surface area contributed by atoms with Crippen LogP contribution in [0.25, 0.3) is 0 Å². The molecule has 16 heavy (non-hydrogen) atoms. The molecule has 0 aromatic carbocycles. The standard InChI is InChI=1S/C14H24N2/c1-5-12(6-2)9-14(15-4)13-7-8-16-10-11(13)3/h7-8,10,12,14-15H,5-6,9H2,1-4H3. The number of pyridine rings is 1. The summed E-state index contributed by atoms with van der Waals surface area (Å²) in [6.45, 7) is 6.69. The van der Waals surface area contributed by atoms with E-state index in [9.17, 15) is 0 Å². The van der Waals surface area contributed by atoms with Crippen LogP contribution in [-0.2, 0) is 0 Å². The van der Waals surface area contributed by atoms with Gasteiger partial charge >= 0.3 is 0 Å². The molecule has 90 valence electrons. The number of aromatic nitrogens is 1. The summed E-state index contributed by atoms with van der Waals surface area (Å²) in [7, 11) is 2.05. The molecule has 1 unspecified atom stereocenters. The highest BCUT2D eigenvalue weighted by atomic mass is 14.9. The molecule has 0 amide bonds. The number of nitrogens with zero attached hydrogens (tertiary/aromatic N) is 1. The fourth-order valence-electron chi connectivity index (χ4n) is 2.23. The first kappa shape index (κ1) is 13.2. The average molecular weight is 220 g/mol. The third kappa shape index (κ3) is 3.31. The Kier molecular flexibility index (Phi) is 5.47. The molecule has 1 rings (SSSR count). The van der Waals surface area contributed by atoms with Gasteiger partial charge in [0.1, 0.15) is 0 Å². The van der Waals surface area contributed by atoms with E-state index in [4.69, 9.17) is 0 Å². The minimum atomic E-state index is 0.466. The van der Waals surface area contributed by atoms with Crippen LogP contribution in [0.5, 0.6) is 0 Å². The summed E-state index contributed by atoms with van der Waals surface area (Å²) in [6.07, 6.45) is 7.58. The van der Waals surface area contributed by atoms with Crippen molar-refractivity contribution in [2.75, 3.05) is 7.05 Å².